The van der Waals surface area contributed by atoms with Crippen LogP contribution < -0.4 is 5.73 Å². The summed E-state index contributed by atoms with van der Waals surface area (Å²) in [6, 6.07) is 8.00. The molecule has 102 valence electrons. The van der Waals surface area contributed by atoms with E-state index in [0.29, 0.717) is 17.5 Å². The second kappa shape index (κ2) is 6.07. The van der Waals surface area contributed by atoms with Crippen molar-refractivity contribution in [3.63, 3.8) is 0 Å². The highest BCUT2D eigenvalue weighted by atomic mass is 79.9. The van der Waals surface area contributed by atoms with Crippen LogP contribution in [0.25, 0.3) is 0 Å². The summed E-state index contributed by atoms with van der Waals surface area (Å²) in [6.45, 7) is 4.20. The zero-order valence-corrected chi connectivity index (χ0v) is 13.3. The molecular formula is C14H17BrClN3. The standard InChI is InChI=1S/C14H17BrClN3/c1-9(2)19-6-5-11(18-19)8-14(17)12-4-3-10(15)7-13(12)16/h3-7,9,14H,8,17H2,1-2H3. The molecule has 5 heteroatoms. The fourth-order valence-corrected chi connectivity index (χ4v) is 2.72. The van der Waals surface area contributed by atoms with Crippen LogP contribution in [0.5, 0.6) is 0 Å². The van der Waals surface area contributed by atoms with Gasteiger partial charge in [-0.1, -0.05) is 33.6 Å². The number of nitrogens with zero attached hydrogens (tertiary/aromatic N) is 2. The van der Waals surface area contributed by atoms with Gasteiger partial charge in [0.05, 0.1) is 5.69 Å². The van der Waals surface area contributed by atoms with E-state index in [2.05, 4.69) is 34.9 Å². The lowest BCUT2D eigenvalue weighted by atomic mass is 10.0. The van der Waals surface area contributed by atoms with Crippen molar-refractivity contribution in [1.29, 1.82) is 0 Å². The molecule has 0 aliphatic rings. The Morgan fingerprint density at radius 2 is 2.11 bits per heavy atom. The lowest BCUT2D eigenvalue weighted by Crippen LogP contribution is -2.14. The molecule has 0 aliphatic heterocycles. The smallest absolute Gasteiger partial charge is 0.0643 e. The predicted octanol–water partition coefficient (Wildman–Crippen LogP) is 4.12. The summed E-state index contributed by atoms with van der Waals surface area (Å²) in [5, 5.41) is 5.19. The summed E-state index contributed by atoms with van der Waals surface area (Å²) in [4.78, 5) is 0. The van der Waals surface area contributed by atoms with Gasteiger partial charge in [0, 0.05) is 34.2 Å². The SMILES string of the molecule is CC(C)n1ccc(CC(N)c2ccc(Br)cc2Cl)n1. The number of rotatable bonds is 4. The Morgan fingerprint density at radius 3 is 2.68 bits per heavy atom. The molecule has 1 aromatic heterocycles. The van der Waals surface area contributed by atoms with Crippen molar-refractivity contribution >= 4 is 27.5 Å². The molecule has 0 radical (unpaired) electrons. The molecule has 1 unspecified atom stereocenters. The van der Waals surface area contributed by atoms with Crippen LogP contribution >= 0.6 is 27.5 Å². The van der Waals surface area contributed by atoms with Crippen LogP contribution in [0, 0.1) is 0 Å². The quantitative estimate of drug-likeness (QED) is 0.908. The molecule has 2 rings (SSSR count). The average Bonchev–Trinajstić information content (AvgIpc) is 2.77. The summed E-state index contributed by atoms with van der Waals surface area (Å²) in [6.07, 6.45) is 2.66. The molecule has 1 aromatic carbocycles. The van der Waals surface area contributed by atoms with Crippen molar-refractivity contribution < 1.29 is 0 Å². The fraction of sp³-hybridized carbons (Fsp3) is 0.357. The highest BCUT2D eigenvalue weighted by Gasteiger charge is 2.13. The van der Waals surface area contributed by atoms with Crippen LogP contribution in [0.2, 0.25) is 5.02 Å². The van der Waals surface area contributed by atoms with Crippen LogP contribution in [-0.4, -0.2) is 9.78 Å². The third kappa shape index (κ3) is 3.59. The van der Waals surface area contributed by atoms with E-state index in [0.717, 1.165) is 15.7 Å². The van der Waals surface area contributed by atoms with Gasteiger partial charge in [-0.05, 0) is 37.6 Å². The lowest BCUT2D eigenvalue weighted by molar-refractivity contribution is 0.522. The Kier molecular flexibility index (Phi) is 4.66. The van der Waals surface area contributed by atoms with Gasteiger partial charge < -0.3 is 5.73 Å². The molecule has 2 aromatic rings. The van der Waals surface area contributed by atoms with Gasteiger partial charge in [0.15, 0.2) is 0 Å². The van der Waals surface area contributed by atoms with Crippen LogP contribution in [0.15, 0.2) is 34.9 Å². The first-order valence-corrected chi connectivity index (χ1v) is 7.39. The molecule has 0 saturated heterocycles. The number of halogens is 2. The van der Waals surface area contributed by atoms with Crippen molar-refractivity contribution in [1.82, 2.24) is 9.78 Å². The number of benzene rings is 1. The highest BCUT2D eigenvalue weighted by Crippen LogP contribution is 2.27. The number of aromatic nitrogens is 2. The van der Waals surface area contributed by atoms with Gasteiger partial charge in [-0.15, -0.1) is 0 Å². The Balaban J connectivity index is 2.13. The van der Waals surface area contributed by atoms with E-state index in [1.807, 2.05) is 35.1 Å². The molecule has 0 fully saturated rings. The first kappa shape index (κ1) is 14.6. The average molecular weight is 343 g/mol. The van der Waals surface area contributed by atoms with Crippen LogP contribution in [0.4, 0.5) is 0 Å². The Labute approximate surface area is 126 Å². The van der Waals surface area contributed by atoms with Crippen LogP contribution in [-0.2, 0) is 6.42 Å². The summed E-state index contributed by atoms with van der Waals surface area (Å²) >= 11 is 9.60. The van der Waals surface area contributed by atoms with Gasteiger partial charge >= 0.3 is 0 Å². The maximum Gasteiger partial charge on any atom is 0.0643 e. The van der Waals surface area contributed by atoms with Gasteiger partial charge in [-0.3, -0.25) is 4.68 Å². The number of hydrogen-bond donors (Lipinski definition) is 1. The fourth-order valence-electron chi connectivity index (χ4n) is 1.91. The monoisotopic (exact) mass is 341 g/mol. The molecule has 2 N–H and O–H groups in total. The van der Waals surface area contributed by atoms with Gasteiger partial charge in [-0.2, -0.15) is 5.10 Å². The van der Waals surface area contributed by atoms with Crippen molar-refractivity contribution in [2.24, 2.45) is 5.73 Å². The van der Waals surface area contributed by atoms with Crippen LogP contribution in [0.3, 0.4) is 0 Å². The summed E-state index contributed by atoms with van der Waals surface area (Å²) < 4.78 is 2.89. The zero-order chi connectivity index (χ0) is 14.0. The Morgan fingerprint density at radius 1 is 1.37 bits per heavy atom. The van der Waals surface area contributed by atoms with E-state index >= 15 is 0 Å². The molecule has 0 spiro atoms. The third-order valence-electron chi connectivity index (χ3n) is 2.98. The normalized spacial score (nSPS) is 12.9. The first-order valence-electron chi connectivity index (χ1n) is 6.22. The second-order valence-electron chi connectivity index (χ2n) is 4.86. The van der Waals surface area contributed by atoms with Crippen molar-refractivity contribution in [3.8, 4) is 0 Å². The van der Waals surface area contributed by atoms with Gasteiger partial charge in [0.2, 0.25) is 0 Å². The van der Waals surface area contributed by atoms with E-state index in [4.69, 9.17) is 17.3 Å². The molecule has 0 amide bonds. The molecular weight excluding hydrogens is 326 g/mol. The van der Waals surface area contributed by atoms with E-state index < -0.39 is 0 Å². The van der Waals surface area contributed by atoms with E-state index in [1.54, 1.807) is 0 Å². The Hall–Kier alpha value is -0.840. The zero-order valence-electron chi connectivity index (χ0n) is 11.0. The van der Waals surface area contributed by atoms with Gasteiger partial charge in [-0.25, -0.2) is 0 Å². The molecule has 0 bridgehead atoms. The minimum absolute atomic E-state index is 0.142. The molecule has 19 heavy (non-hydrogen) atoms. The summed E-state index contributed by atoms with van der Waals surface area (Å²) in [5.74, 6) is 0. The summed E-state index contributed by atoms with van der Waals surface area (Å²) in [7, 11) is 0. The lowest BCUT2D eigenvalue weighted by Gasteiger charge is -2.13. The maximum absolute atomic E-state index is 6.21. The predicted molar refractivity (Wildman–Crippen MR) is 82.4 cm³/mol. The van der Waals surface area contributed by atoms with Crippen molar-refractivity contribution in [3.05, 3.63) is 51.2 Å². The molecule has 1 heterocycles. The highest BCUT2D eigenvalue weighted by molar-refractivity contribution is 9.10. The van der Waals surface area contributed by atoms with E-state index in [9.17, 15) is 0 Å². The van der Waals surface area contributed by atoms with E-state index in [1.165, 1.54) is 0 Å². The first-order chi connectivity index (χ1) is 8.97. The molecule has 0 aliphatic carbocycles. The van der Waals surface area contributed by atoms with Gasteiger partial charge in [0.1, 0.15) is 0 Å². The van der Waals surface area contributed by atoms with Gasteiger partial charge in [0.25, 0.3) is 0 Å². The summed E-state index contributed by atoms with van der Waals surface area (Å²) in [5.41, 5.74) is 8.15. The van der Waals surface area contributed by atoms with Crippen LogP contribution in [0.1, 0.15) is 37.2 Å². The third-order valence-corrected chi connectivity index (χ3v) is 3.80. The van der Waals surface area contributed by atoms with Crippen molar-refractivity contribution in [2.75, 3.05) is 0 Å². The van der Waals surface area contributed by atoms with E-state index in [-0.39, 0.29) is 6.04 Å². The topological polar surface area (TPSA) is 43.8 Å². The minimum atomic E-state index is -0.142. The molecule has 1 atom stereocenters. The maximum atomic E-state index is 6.21. The largest absolute Gasteiger partial charge is 0.324 e. The molecule has 0 saturated carbocycles. The Bertz CT molecular complexity index is 566. The number of nitrogens with two attached hydrogens (primary N) is 1. The molecule has 3 nitrogen and oxygen atoms in total. The minimum Gasteiger partial charge on any atom is -0.324 e. The van der Waals surface area contributed by atoms with Crippen molar-refractivity contribution in [2.45, 2.75) is 32.4 Å². The second-order valence-corrected chi connectivity index (χ2v) is 6.18. The number of hydrogen-bond acceptors (Lipinski definition) is 2.